The van der Waals surface area contributed by atoms with Crippen LogP contribution in [0.1, 0.15) is 63.9 Å². The molecule has 0 unspecified atom stereocenters. The molecule has 0 spiro atoms. The summed E-state index contributed by atoms with van der Waals surface area (Å²) in [7, 11) is 3.60. The van der Waals surface area contributed by atoms with Gasteiger partial charge in [0.05, 0.1) is 5.69 Å². The zero-order valence-corrected chi connectivity index (χ0v) is 20.7. The van der Waals surface area contributed by atoms with Gasteiger partial charge in [-0.3, -0.25) is 4.79 Å². The summed E-state index contributed by atoms with van der Waals surface area (Å²) in [5.41, 5.74) is 1.43. The first-order valence-corrected chi connectivity index (χ1v) is 12.3. The number of halogens is 2. The number of hydrogen-bond acceptors (Lipinski definition) is 5. The number of urea groups is 1. The molecule has 2 N–H and O–H groups in total. The largest absolute Gasteiger partial charge is 0.346 e. The predicted molar refractivity (Wildman–Crippen MR) is 126 cm³/mol. The van der Waals surface area contributed by atoms with Crippen molar-refractivity contribution in [3.63, 3.8) is 0 Å². The number of nitrogens with one attached hydrogen (secondary N) is 2. The van der Waals surface area contributed by atoms with Gasteiger partial charge in [0.1, 0.15) is 17.6 Å². The lowest BCUT2D eigenvalue weighted by Crippen LogP contribution is -2.52. The van der Waals surface area contributed by atoms with Crippen LogP contribution in [0.3, 0.4) is 0 Å². The minimum Gasteiger partial charge on any atom is -0.346 e. The van der Waals surface area contributed by atoms with Gasteiger partial charge >= 0.3 is 6.03 Å². The molecule has 0 saturated heterocycles. The number of alkyl halides is 2. The Morgan fingerprint density at radius 1 is 1.26 bits per heavy atom. The molecule has 2 fully saturated rings. The lowest BCUT2D eigenvalue weighted by molar-refractivity contribution is -0.118. The third-order valence-corrected chi connectivity index (χ3v) is 7.61. The smallest absolute Gasteiger partial charge is 0.317 e. The maximum atomic E-state index is 13.4. The average molecular weight is 479 g/mol. The van der Waals surface area contributed by atoms with E-state index in [1.165, 1.54) is 0 Å². The fourth-order valence-electron chi connectivity index (χ4n) is 5.49. The molecule has 0 bridgehead atoms. The number of fused-ring (bicyclic) bond motifs is 1. The van der Waals surface area contributed by atoms with Crippen LogP contribution < -0.4 is 15.5 Å². The number of anilines is 2. The summed E-state index contributed by atoms with van der Waals surface area (Å²) in [6, 6.07) is -0.507. The predicted octanol–water partition coefficient (Wildman–Crippen LogP) is 3.74. The Labute approximate surface area is 199 Å². The van der Waals surface area contributed by atoms with Crippen molar-refractivity contribution in [3.05, 3.63) is 11.5 Å². The standard InChI is InChI=1S/C24H36F2N6O2/c1-13(2)20-22(33)30-19-14(3)27-18(29-21(19)32(20)5)12-15-10-16(11-15)28-23(34)31(4)17-6-8-24(25,26)9-7-17/h13,15-17,20H,6-12H2,1-5H3,(H,28,34)(H,30,33)/t15?,16?,20-/m0/s1. The van der Waals surface area contributed by atoms with Crippen LogP contribution in [-0.2, 0) is 11.2 Å². The molecule has 4 rings (SSSR count). The van der Waals surface area contributed by atoms with Crippen molar-refractivity contribution in [1.82, 2.24) is 20.2 Å². The molecule has 0 radical (unpaired) electrons. The summed E-state index contributed by atoms with van der Waals surface area (Å²) >= 11 is 0. The van der Waals surface area contributed by atoms with E-state index in [1.54, 1.807) is 11.9 Å². The average Bonchev–Trinajstić information content (AvgIpc) is 2.72. The third-order valence-electron chi connectivity index (χ3n) is 7.61. The fraction of sp³-hybridized carbons (Fsp3) is 0.750. The van der Waals surface area contributed by atoms with Crippen molar-refractivity contribution < 1.29 is 18.4 Å². The molecule has 1 aromatic heterocycles. The maximum Gasteiger partial charge on any atom is 0.317 e. The summed E-state index contributed by atoms with van der Waals surface area (Å²) < 4.78 is 26.8. The molecule has 10 heteroatoms. The number of likely N-dealkylation sites (N-methyl/N-ethyl adjacent to an activating group) is 1. The number of aryl methyl sites for hydroxylation is 1. The minimum atomic E-state index is -2.60. The summed E-state index contributed by atoms with van der Waals surface area (Å²) in [5, 5.41) is 6.01. The van der Waals surface area contributed by atoms with Gasteiger partial charge in [0.25, 0.3) is 0 Å². The quantitative estimate of drug-likeness (QED) is 0.673. The molecule has 8 nitrogen and oxygen atoms in total. The fourth-order valence-corrected chi connectivity index (χ4v) is 5.49. The van der Waals surface area contributed by atoms with Crippen molar-refractivity contribution in [2.24, 2.45) is 11.8 Å². The molecular formula is C24H36F2N6O2. The Balaban J connectivity index is 1.30. The van der Waals surface area contributed by atoms with Gasteiger partial charge in [-0.25, -0.2) is 23.5 Å². The molecular weight excluding hydrogens is 442 g/mol. The minimum absolute atomic E-state index is 0.0334. The second-order valence-electron chi connectivity index (χ2n) is 10.6. The van der Waals surface area contributed by atoms with E-state index in [4.69, 9.17) is 4.98 Å². The summed E-state index contributed by atoms with van der Waals surface area (Å²) in [6.45, 7) is 5.92. The molecule has 34 heavy (non-hydrogen) atoms. The zero-order valence-electron chi connectivity index (χ0n) is 20.7. The first-order chi connectivity index (χ1) is 15.9. The number of hydrogen-bond donors (Lipinski definition) is 2. The van der Waals surface area contributed by atoms with Gasteiger partial charge in [-0.15, -0.1) is 0 Å². The van der Waals surface area contributed by atoms with E-state index < -0.39 is 5.92 Å². The summed E-state index contributed by atoms with van der Waals surface area (Å²) in [5.74, 6) is -0.611. The first-order valence-electron chi connectivity index (χ1n) is 12.3. The molecule has 1 aromatic rings. The zero-order chi connectivity index (χ0) is 24.8. The number of aromatic nitrogens is 2. The second kappa shape index (κ2) is 9.26. The van der Waals surface area contributed by atoms with Crippen LogP contribution in [-0.4, -0.2) is 64.9 Å². The van der Waals surface area contributed by atoms with Crippen LogP contribution in [0.25, 0.3) is 0 Å². The van der Waals surface area contributed by atoms with E-state index in [2.05, 4.69) is 15.6 Å². The maximum absolute atomic E-state index is 13.4. The second-order valence-corrected chi connectivity index (χ2v) is 10.6. The number of carbonyl (C=O) groups excluding carboxylic acids is 2. The van der Waals surface area contributed by atoms with E-state index in [-0.39, 0.29) is 48.8 Å². The Kier molecular flexibility index (Phi) is 6.70. The van der Waals surface area contributed by atoms with Crippen LogP contribution in [0.2, 0.25) is 0 Å². The highest BCUT2D eigenvalue weighted by Gasteiger charge is 2.39. The highest BCUT2D eigenvalue weighted by atomic mass is 19.3. The lowest BCUT2D eigenvalue weighted by atomic mass is 9.78. The summed E-state index contributed by atoms with van der Waals surface area (Å²) in [4.78, 5) is 38.0. The van der Waals surface area contributed by atoms with Gasteiger partial charge in [0.2, 0.25) is 11.8 Å². The van der Waals surface area contributed by atoms with Crippen molar-refractivity contribution >= 4 is 23.4 Å². The third kappa shape index (κ3) is 4.95. The monoisotopic (exact) mass is 478 g/mol. The molecule has 2 heterocycles. The molecule has 2 aliphatic carbocycles. The van der Waals surface area contributed by atoms with Gasteiger partial charge in [0.15, 0.2) is 5.82 Å². The van der Waals surface area contributed by atoms with E-state index >= 15 is 0 Å². The lowest BCUT2D eigenvalue weighted by Gasteiger charge is -2.39. The van der Waals surface area contributed by atoms with E-state index in [9.17, 15) is 18.4 Å². The Bertz CT molecular complexity index is 940. The molecule has 1 atom stereocenters. The SMILES string of the molecule is Cc1nc(CC2CC(NC(=O)N(C)C3CCC(F)(F)CC3)C2)nc2c1NC(=O)[C@H](C(C)C)N2C. The number of amides is 3. The molecule has 3 amide bonds. The molecule has 0 aromatic carbocycles. The van der Waals surface area contributed by atoms with Crippen LogP contribution in [0, 0.1) is 18.8 Å². The van der Waals surface area contributed by atoms with Gasteiger partial charge in [-0.05, 0) is 44.4 Å². The molecule has 2 saturated carbocycles. The topological polar surface area (TPSA) is 90.5 Å². The van der Waals surface area contributed by atoms with E-state index in [0.29, 0.717) is 30.9 Å². The van der Waals surface area contributed by atoms with Gasteiger partial charge < -0.3 is 20.4 Å². The normalized spacial score (nSPS) is 26.5. The molecule has 1 aliphatic heterocycles. The van der Waals surface area contributed by atoms with Crippen LogP contribution in [0.5, 0.6) is 0 Å². The van der Waals surface area contributed by atoms with Crippen LogP contribution in [0.15, 0.2) is 0 Å². The number of nitrogens with zero attached hydrogens (tertiary/aromatic N) is 4. The highest BCUT2D eigenvalue weighted by molar-refractivity contribution is 6.03. The van der Waals surface area contributed by atoms with Crippen molar-refractivity contribution in [1.29, 1.82) is 0 Å². The Morgan fingerprint density at radius 3 is 2.53 bits per heavy atom. The van der Waals surface area contributed by atoms with Gasteiger partial charge in [0, 0.05) is 45.4 Å². The van der Waals surface area contributed by atoms with Gasteiger partial charge in [-0.2, -0.15) is 0 Å². The van der Waals surface area contributed by atoms with Crippen molar-refractivity contribution in [2.45, 2.75) is 89.8 Å². The van der Waals surface area contributed by atoms with E-state index in [1.807, 2.05) is 32.7 Å². The highest BCUT2D eigenvalue weighted by Crippen LogP contribution is 2.37. The van der Waals surface area contributed by atoms with Crippen LogP contribution in [0.4, 0.5) is 25.1 Å². The Morgan fingerprint density at radius 2 is 1.91 bits per heavy atom. The van der Waals surface area contributed by atoms with Gasteiger partial charge in [-0.1, -0.05) is 13.8 Å². The summed E-state index contributed by atoms with van der Waals surface area (Å²) in [6.07, 6.45) is 2.75. The number of rotatable bonds is 5. The van der Waals surface area contributed by atoms with Crippen LogP contribution >= 0.6 is 0 Å². The molecule has 3 aliphatic rings. The Hall–Kier alpha value is -2.52. The van der Waals surface area contributed by atoms with E-state index in [0.717, 1.165) is 30.2 Å². The number of carbonyl (C=O) groups is 2. The van der Waals surface area contributed by atoms with Crippen molar-refractivity contribution in [2.75, 3.05) is 24.3 Å². The molecule has 188 valence electrons. The first kappa shape index (κ1) is 24.6. The van der Waals surface area contributed by atoms with Crippen molar-refractivity contribution in [3.8, 4) is 0 Å².